The van der Waals surface area contributed by atoms with Crippen molar-refractivity contribution >= 4 is 29.1 Å². The van der Waals surface area contributed by atoms with Crippen molar-refractivity contribution in [2.75, 3.05) is 27.2 Å². The normalized spacial score (nSPS) is 14.7. The molecule has 1 aromatic carbocycles. The number of thiophene rings is 1. The first-order valence-electron chi connectivity index (χ1n) is 8.54. The Bertz CT molecular complexity index is 782. The highest BCUT2D eigenvalue weighted by Gasteiger charge is 2.35. The Kier molecular flexibility index (Phi) is 5.49. The molecule has 0 saturated carbocycles. The minimum absolute atomic E-state index is 0.0939. The number of nitrogens with one attached hydrogen (secondary N) is 2. The molecule has 6 nitrogen and oxygen atoms in total. The van der Waals surface area contributed by atoms with Crippen LogP contribution >= 0.6 is 11.3 Å². The lowest BCUT2D eigenvalue weighted by atomic mass is 10.1. The van der Waals surface area contributed by atoms with E-state index in [-0.39, 0.29) is 36.7 Å². The summed E-state index contributed by atoms with van der Waals surface area (Å²) in [6.07, 6.45) is 0.103. The third-order valence-electron chi connectivity index (χ3n) is 4.53. The van der Waals surface area contributed by atoms with Crippen molar-refractivity contribution in [1.82, 2.24) is 10.2 Å². The van der Waals surface area contributed by atoms with Gasteiger partial charge in [0, 0.05) is 13.0 Å². The van der Waals surface area contributed by atoms with Crippen LogP contribution < -0.4 is 10.2 Å². The topological polar surface area (TPSA) is 70.9 Å². The van der Waals surface area contributed by atoms with Gasteiger partial charge >= 0.3 is 0 Å². The van der Waals surface area contributed by atoms with Crippen LogP contribution in [0.2, 0.25) is 0 Å². The van der Waals surface area contributed by atoms with Crippen LogP contribution in [-0.2, 0) is 4.79 Å². The van der Waals surface area contributed by atoms with E-state index in [1.165, 1.54) is 9.78 Å². The molecule has 7 heteroatoms. The minimum atomic E-state index is -0.326. The molecule has 0 spiro atoms. The van der Waals surface area contributed by atoms with Crippen LogP contribution in [0.3, 0.4) is 0 Å². The van der Waals surface area contributed by atoms with Gasteiger partial charge in [0.1, 0.15) is 6.04 Å². The molecule has 0 bridgehead atoms. The summed E-state index contributed by atoms with van der Waals surface area (Å²) in [6, 6.07) is 11.0. The fraction of sp³-hybridized carbons (Fsp3) is 0.316. The molecule has 0 fully saturated rings. The monoisotopic (exact) mass is 372 g/mol. The van der Waals surface area contributed by atoms with Gasteiger partial charge in [0.15, 0.2) is 0 Å². The summed E-state index contributed by atoms with van der Waals surface area (Å²) in [5, 5.41) is 4.95. The second-order valence-electron chi connectivity index (χ2n) is 6.51. The number of likely N-dealkylation sites (N-methyl/N-ethyl adjacent to an activating group) is 1. The molecule has 1 atom stereocenters. The summed E-state index contributed by atoms with van der Waals surface area (Å²) in [7, 11) is 4.10. The maximum atomic E-state index is 12.3. The van der Waals surface area contributed by atoms with E-state index in [4.69, 9.17) is 0 Å². The van der Waals surface area contributed by atoms with Crippen LogP contribution in [0.1, 0.15) is 38.1 Å². The molecule has 2 heterocycles. The summed E-state index contributed by atoms with van der Waals surface area (Å²) in [4.78, 5) is 40.4. The van der Waals surface area contributed by atoms with Crippen LogP contribution in [0.5, 0.6) is 0 Å². The smallest absolute Gasteiger partial charge is 0.261 e. The van der Waals surface area contributed by atoms with E-state index in [1.807, 2.05) is 11.4 Å². The number of carbonyl (C=O) groups is 3. The van der Waals surface area contributed by atoms with E-state index >= 15 is 0 Å². The molecule has 1 aliphatic heterocycles. The average molecular weight is 372 g/mol. The van der Waals surface area contributed by atoms with Crippen LogP contribution in [0.15, 0.2) is 41.8 Å². The molecule has 3 amide bonds. The maximum Gasteiger partial charge on any atom is 0.261 e. The van der Waals surface area contributed by atoms with E-state index in [2.05, 4.69) is 25.5 Å². The number of benzene rings is 1. The molecule has 136 valence electrons. The summed E-state index contributed by atoms with van der Waals surface area (Å²) >= 11 is 1.67. The number of amides is 3. The quantitative estimate of drug-likeness (QED) is 0.704. The molecular weight excluding hydrogens is 350 g/mol. The van der Waals surface area contributed by atoms with Crippen molar-refractivity contribution in [1.29, 1.82) is 0 Å². The van der Waals surface area contributed by atoms with Crippen LogP contribution in [0.4, 0.5) is 0 Å². The molecule has 0 aliphatic carbocycles. The third kappa shape index (κ3) is 3.68. The highest BCUT2D eigenvalue weighted by atomic mass is 32.1. The standard InChI is InChI=1S/C19H21N3O3S/c1-21(2)15(16-8-5-11-26-16)12-20-17(23)9-10-22-18(24)13-6-3-4-7-14(13)19(22)25/h3-8,11,15H,9-10,12H2,1-2H3,(H,20,23)/p+1/t15-/m0/s1. The van der Waals surface area contributed by atoms with E-state index in [0.29, 0.717) is 17.7 Å². The lowest BCUT2D eigenvalue weighted by Gasteiger charge is -2.21. The Balaban J connectivity index is 1.53. The van der Waals surface area contributed by atoms with Gasteiger partial charge in [-0.05, 0) is 23.6 Å². The van der Waals surface area contributed by atoms with Gasteiger partial charge in [-0.3, -0.25) is 19.3 Å². The van der Waals surface area contributed by atoms with E-state index in [1.54, 1.807) is 35.6 Å². The number of quaternary nitrogens is 1. The highest BCUT2D eigenvalue weighted by molar-refractivity contribution is 7.10. The molecule has 1 aliphatic rings. The second kappa shape index (κ2) is 7.80. The van der Waals surface area contributed by atoms with Crippen molar-refractivity contribution in [2.45, 2.75) is 12.5 Å². The second-order valence-corrected chi connectivity index (χ2v) is 7.49. The van der Waals surface area contributed by atoms with Crippen molar-refractivity contribution < 1.29 is 19.3 Å². The number of fused-ring (bicyclic) bond motifs is 1. The van der Waals surface area contributed by atoms with Crippen LogP contribution in [0, 0.1) is 0 Å². The predicted molar refractivity (Wildman–Crippen MR) is 99.3 cm³/mol. The van der Waals surface area contributed by atoms with Gasteiger partial charge in [0.05, 0.1) is 36.6 Å². The molecule has 2 aromatic rings. The molecule has 1 aromatic heterocycles. The maximum absolute atomic E-state index is 12.3. The number of hydrogen-bond donors (Lipinski definition) is 2. The first-order valence-corrected chi connectivity index (χ1v) is 9.42. The number of imide groups is 1. The number of hydrogen-bond acceptors (Lipinski definition) is 4. The van der Waals surface area contributed by atoms with E-state index in [0.717, 1.165) is 4.90 Å². The largest absolute Gasteiger partial charge is 0.350 e. The minimum Gasteiger partial charge on any atom is -0.350 e. The lowest BCUT2D eigenvalue weighted by Crippen LogP contribution is -3.06. The Morgan fingerprint density at radius 3 is 2.31 bits per heavy atom. The zero-order chi connectivity index (χ0) is 18.7. The third-order valence-corrected chi connectivity index (χ3v) is 5.51. The van der Waals surface area contributed by atoms with Gasteiger partial charge < -0.3 is 10.2 Å². The zero-order valence-corrected chi connectivity index (χ0v) is 15.6. The van der Waals surface area contributed by atoms with Crippen molar-refractivity contribution in [2.24, 2.45) is 0 Å². The average Bonchev–Trinajstić information content (AvgIpc) is 3.22. The Labute approximate surface area is 156 Å². The molecule has 3 rings (SSSR count). The zero-order valence-electron chi connectivity index (χ0n) is 14.8. The number of carbonyl (C=O) groups excluding carboxylic acids is 3. The van der Waals surface area contributed by atoms with Crippen LogP contribution in [-0.4, -0.2) is 49.8 Å². The first kappa shape index (κ1) is 18.3. The molecule has 2 N–H and O–H groups in total. The van der Waals surface area contributed by atoms with Gasteiger partial charge in [-0.15, -0.1) is 11.3 Å². The van der Waals surface area contributed by atoms with E-state index < -0.39 is 0 Å². The molecule has 0 unspecified atom stereocenters. The Hall–Kier alpha value is -2.51. The summed E-state index contributed by atoms with van der Waals surface area (Å²) in [5.74, 6) is -0.815. The lowest BCUT2D eigenvalue weighted by molar-refractivity contribution is -0.890. The van der Waals surface area contributed by atoms with Crippen LogP contribution in [0.25, 0.3) is 0 Å². The van der Waals surface area contributed by atoms with Gasteiger partial charge in [-0.1, -0.05) is 18.2 Å². The van der Waals surface area contributed by atoms with Gasteiger partial charge in [0.25, 0.3) is 11.8 Å². The summed E-state index contributed by atoms with van der Waals surface area (Å²) in [6.45, 7) is 0.612. The van der Waals surface area contributed by atoms with Gasteiger partial charge in [0.2, 0.25) is 5.91 Å². The molecular formula is C19H22N3O3S+. The first-order chi connectivity index (χ1) is 12.5. The van der Waals surface area contributed by atoms with Crippen molar-refractivity contribution in [3.05, 3.63) is 57.8 Å². The number of nitrogens with zero attached hydrogens (tertiary/aromatic N) is 1. The Morgan fingerprint density at radius 1 is 1.12 bits per heavy atom. The fourth-order valence-corrected chi connectivity index (χ4v) is 3.99. The van der Waals surface area contributed by atoms with E-state index in [9.17, 15) is 14.4 Å². The fourth-order valence-electron chi connectivity index (χ4n) is 3.04. The molecule has 0 saturated heterocycles. The predicted octanol–water partition coefficient (Wildman–Crippen LogP) is 0.736. The number of rotatable bonds is 7. The molecule has 26 heavy (non-hydrogen) atoms. The van der Waals surface area contributed by atoms with Crippen molar-refractivity contribution in [3.8, 4) is 0 Å². The van der Waals surface area contributed by atoms with Gasteiger partial charge in [-0.25, -0.2) is 0 Å². The highest BCUT2D eigenvalue weighted by Crippen LogP contribution is 2.22. The van der Waals surface area contributed by atoms with Gasteiger partial charge in [-0.2, -0.15) is 0 Å². The summed E-state index contributed by atoms with van der Waals surface area (Å²) in [5.41, 5.74) is 0.818. The summed E-state index contributed by atoms with van der Waals surface area (Å²) < 4.78 is 0. The Morgan fingerprint density at radius 2 is 1.77 bits per heavy atom. The SMILES string of the molecule is C[NH+](C)[C@@H](CNC(=O)CCN1C(=O)c2ccccc2C1=O)c1cccs1. The molecule has 0 radical (unpaired) electrons. The van der Waals surface area contributed by atoms with Crippen molar-refractivity contribution in [3.63, 3.8) is 0 Å².